The van der Waals surface area contributed by atoms with E-state index in [0.29, 0.717) is 0 Å². The van der Waals surface area contributed by atoms with Gasteiger partial charge < -0.3 is 34.0 Å². The van der Waals surface area contributed by atoms with Crippen molar-refractivity contribution in [1.82, 2.24) is 0 Å². The van der Waals surface area contributed by atoms with Crippen molar-refractivity contribution in [3.8, 4) is 0 Å². The molecule has 0 saturated heterocycles. The molecule has 6 heteroatoms. The molecular weight excluding hydrogens is 309 g/mol. The maximum Gasteiger partial charge on any atom is 1.00 e. The summed E-state index contributed by atoms with van der Waals surface area (Å²) in [6.45, 7) is 6.40. The van der Waals surface area contributed by atoms with Gasteiger partial charge in [-0.05, 0) is 5.92 Å². The molecule has 3 aromatic rings. The smallest absolute Gasteiger partial charge is 0.300 e. The molecule has 0 unspecified atom stereocenters. The van der Waals surface area contributed by atoms with E-state index < -0.39 is 0 Å². The third-order valence-electron chi connectivity index (χ3n) is 3.00. The molecule has 0 fully saturated rings. The van der Waals surface area contributed by atoms with Gasteiger partial charge in [0.05, 0.1) is 0 Å². The van der Waals surface area contributed by atoms with E-state index in [4.69, 9.17) is 0 Å². The first-order valence-electron chi connectivity index (χ1n) is 6.07. The maximum absolute atomic E-state index is 3.43. The molecule has 0 bridgehead atoms. The first-order chi connectivity index (χ1) is 9.13. The predicted molar refractivity (Wildman–Crippen MR) is 84.6 cm³/mol. The second-order valence-corrected chi connectivity index (χ2v) is 7.83. The molecule has 0 aliphatic rings. The molecule has 0 amide bonds. The average Bonchev–Trinajstić information content (AvgIpc) is 3.05. The molecule has 0 nitrogen and oxygen atoms in total. The van der Waals surface area contributed by atoms with E-state index in [0.717, 1.165) is 0 Å². The van der Waals surface area contributed by atoms with Crippen LogP contribution >= 0.6 is 34.0 Å². The molecule has 3 aromatic heterocycles. The van der Waals surface area contributed by atoms with Gasteiger partial charge in [0.15, 0.2) is 0 Å². The van der Waals surface area contributed by atoms with Gasteiger partial charge >= 0.3 is 56.6 Å². The van der Waals surface area contributed by atoms with E-state index in [1.54, 1.807) is 34.0 Å². The van der Waals surface area contributed by atoms with Crippen LogP contribution in [0.4, 0.5) is 0 Å². The molecule has 98 valence electrons. The van der Waals surface area contributed by atoms with Crippen molar-refractivity contribution in [3.05, 3.63) is 65.7 Å². The van der Waals surface area contributed by atoms with Crippen molar-refractivity contribution < 1.29 is 56.6 Å². The molecule has 0 spiro atoms. The summed E-state index contributed by atoms with van der Waals surface area (Å²) < 4.78 is 0. The summed E-state index contributed by atoms with van der Waals surface area (Å²) in [5.41, 5.74) is 3.72. The molecule has 0 aromatic carbocycles. The zero-order valence-electron chi connectivity index (χ0n) is 14.0. The number of aryl methyl sites for hydroxylation is 3. The topological polar surface area (TPSA) is 0 Å². The van der Waals surface area contributed by atoms with Crippen molar-refractivity contribution in [3.63, 3.8) is 0 Å². The zero-order valence-corrected chi connectivity index (χ0v) is 16.5. The standard InChI is InChI=1S/C16H13S3.3Li/c1-10-4-13(7-17-10)16(14-5-11(2)18-8-14)15-6-12(3)19-9-15;;;/h4-6,16H,1-3H3;;;/q-3;3*+1. The molecule has 0 N–H and O–H groups in total. The Labute approximate surface area is 181 Å². The Balaban J connectivity index is 0.00000147. The number of thiophene rings is 3. The van der Waals surface area contributed by atoms with Crippen LogP contribution in [0.15, 0.2) is 18.2 Å². The summed E-state index contributed by atoms with van der Waals surface area (Å²) in [5.74, 6) is 0.236. The molecule has 0 saturated carbocycles. The average molecular weight is 322 g/mol. The van der Waals surface area contributed by atoms with Gasteiger partial charge in [-0.1, -0.05) is 20.8 Å². The van der Waals surface area contributed by atoms with E-state index >= 15 is 0 Å². The summed E-state index contributed by atoms with van der Waals surface area (Å²) in [7, 11) is 0. The molecule has 0 radical (unpaired) electrons. The summed E-state index contributed by atoms with van der Waals surface area (Å²) in [5, 5.41) is 10.3. The fourth-order valence-corrected chi connectivity index (χ4v) is 4.11. The van der Waals surface area contributed by atoms with E-state index in [1.807, 2.05) is 0 Å². The molecule has 0 atom stereocenters. The number of hydrogen-bond acceptors (Lipinski definition) is 3. The van der Waals surface area contributed by atoms with Crippen LogP contribution in [0.1, 0.15) is 37.2 Å². The van der Waals surface area contributed by atoms with Crippen LogP contribution in [0.2, 0.25) is 0 Å². The van der Waals surface area contributed by atoms with E-state index in [9.17, 15) is 0 Å². The van der Waals surface area contributed by atoms with Gasteiger partial charge in [0.2, 0.25) is 0 Å². The zero-order chi connectivity index (χ0) is 13.4. The first-order valence-corrected chi connectivity index (χ1v) is 8.52. The third-order valence-corrected chi connectivity index (χ3v) is 5.33. The van der Waals surface area contributed by atoms with Crippen molar-refractivity contribution in [2.45, 2.75) is 26.7 Å². The van der Waals surface area contributed by atoms with E-state index in [2.05, 4.69) is 55.1 Å². The van der Waals surface area contributed by atoms with E-state index in [-0.39, 0.29) is 62.5 Å². The third kappa shape index (κ3) is 5.19. The Morgan fingerprint density at radius 2 is 0.909 bits per heavy atom. The molecule has 3 rings (SSSR count). The summed E-state index contributed by atoms with van der Waals surface area (Å²) in [6.07, 6.45) is 0. The van der Waals surface area contributed by atoms with Gasteiger partial charge in [0, 0.05) is 0 Å². The monoisotopic (exact) mass is 322 g/mol. The Kier molecular flexibility index (Phi) is 10.4. The van der Waals surface area contributed by atoms with Crippen LogP contribution in [0.5, 0.6) is 0 Å². The van der Waals surface area contributed by atoms with Crippen molar-refractivity contribution in [2.75, 3.05) is 0 Å². The Bertz CT molecular complexity index is 601. The normalized spacial score (nSPS) is 9.82. The minimum atomic E-state index is 0. The van der Waals surface area contributed by atoms with Gasteiger partial charge in [-0.2, -0.15) is 49.5 Å². The maximum atomic E-state index is 3.43. The molecule has 22 heavy (non-hydrogen) atoms. The molecular formula is C16H13Li3S3. The predicted octanol–water partition coefficient (Wildman–Crippen LogP) is -3.61. The number of hydrogen-bond donors (Lipinski definition) is 0. The molecule has 0 aliphatic heterocycles. The van der Waals surface area contributed by atoms with Gasteiger partial charge in [0.25, 0.3) is 0 Å². The molecule has 0 aliphatic carbocycles. The summed E-state index contributed by atoms with van der Waals surface area (Å²) in [4.78, 5) is 3.91. The van der Waals surface area contributed by atoms with Crippen molar-refractivity contribution >= 4 is 34.0 Å². The minimum Gasteiger partial charge on any atom is -0.300 e. The summed E-state index contributed by atoms with van der Waals surface area (Å²) in [6, 6.07) is 6.70. The van der Waals surface area contributed by atoms with Crippen molar-refractivity contribution in [2.24, 2.45) is 0 Å². The second kappa shape index (κ2) is 10.0. The van der Waals surface area contributed by atoms with E-state index in [1.165, 1.54) is 31.3 Å². The fraction of sp³-hybridized carbons (Fsp3) is 0.250. The van der Waals surface area contributed by atoms with Gasteiger partial charge in [0.1, 0.15) is 0 Å². The Morgan fingerprint density at radius 1 is 0.636 bits per heavy atom. The van der Waals surface area contributed by atoms with Crippen LogP contribution in [0.25, 0.3) is 0 Å². The number of rotatable bonds is 3. The minimum absolute atomic E-state index is 0. The van der Waals surface area contributed by atoms with Gasteiger partial charge in [-0.3, -0.25) is 0 Å². The fourth-order valence-electron chi connectivity index (χ4n) is 2.18. The quantitative estimate of drug-likeness (QED) is 0.345. The summed E-state index contributed by atoms with van der Waals surface area (Å²) >= 11 is 5.07. The first kappa shape index (κ1) is 22.9. The van der Waals surface area contributed by atoms with Crippen molar-refractivity contribution in [1.29, 1.82) is 0 Å². The van der Waals surface area contributed by atoms with Gasteiger partial charge in [-0.15, -0.1) is 16.1 Å². The largest absolute Gasteiger partial charge is 1.00 e. The Hall–Kier alpha value is 0.892. The second-order valence-electron chi connectivity index (χ2n) is 4.68. The van der Waals surface area contributed by atoms with Crippen LogP contribution in [0.3, 0.4) is 0 Å². The Morgan fingerprint density at radius 3 is 1.09 bits per heavy atom. The van der Waals surface area contributed by atoms with Crippen LogP contribution in [-0.4, -0.2) is 0 Å². The van der Waals surface area contributed by atoms with Crippen LogP contribution in [-0.2, 0) is 0 Å². The molecule has 3 heterocycles. The van der Waals surface area contributed by atoms with Gasteiger partial charge in [-0.25, -0.2) is 0 Å². The van der Waals surface area contributed by atoms with Crippen LogP contribution < -0.4 is 56.6 Å². The van der Waals surface area contributed by atoms with Crippen LogP contribution in [0, 0.1) is 36.9 Å². The SMILES string of the molecule is Cc1cc(C(c2[c-]sc(C)c2)c2[c-]sc(C)c2)[c-]s1.[Li+].[Li+].[Li+].